The molecule has 0 radical (unpaired) electrons. The van der Waals surface area contributed by atoms with Crippen LogP contribution in [0.5, 0.6) is 5.75 Å². The number of hydrogen-bond donors (Lipinski definition) is 1. The van der Waals surface area contributed by atoms with Gasteiger partial charge in [0.2, 0.25) is 17.7 Å². The van der Waals surface area contributed by atoms with Gasteiger partial charge in [-0.15, -0.1) is 0 Å². The van der Waals surface area contributed by atoms with Crippen molar-refractivity contribution in [2.24, 2.45) is 11.8 Å². The summed E-state index contributed by atoms with van der Waals surface area (Å²) >= 11 is 3.52. The molecule has 3 fully saturated rings. The Balaban J connectivity index is 1.53. The van der Waals surface area contributed by atoms with Gasteiger partial charge in [-0.1, -0.05) is 15.9 Å². The predicted octanol–water partition coefficient (Wildman–Crippen LogP) is 2.89. The first-order chi connectivity index (χ1) is 15.0. The molecular formula is C23H20BrN3O4. The summed E-state index contributed by atoms with van der Waals surface area (Å²) in [7, 11) is 1.57. The van der Waals surface area contributed by atoms with Gasteiger partial charge in [0.25, 0.3) is 0 Å². The highest BCUT2D eigenvalue weighted by Crippen LogP contribution is 2.60. The van der Waals surface area contributed by atoms with E-state index in [2.05, 4.69) is 26.1 Å². The summed E-state index contributed by atoms with van der Waals surface area (Å²) in [5, 5.41) is 2.99. The molecule has 31 heavy (non-hydrogen) atoms. The van der Waals surface area contributed by atoms with Crippen molar-refractivity contribution in [2.45, 2.75) is 24.4 Å². The van der Waals surface area contributed by atoms with E-state index >= 15 is 0 Å². The smallest absolute Gasteiger partial charge is 0.250 e. The van der Waals surface area contributed by atoms with Crippen LogP contribution in [0, 0.1) is 11.8 Å². The summed E-state index contributed by atoms with van der Waals surface area (Å²) in [4.78, 5) is 44.4. The van der Waals surface area contributed by atoms with E-state index in [1.807, 2.05) is 18.2 Å². The molecule has 3 amide bonds. The highest BCUT2D eigenvalue weighted by atomic mass is 79.9. The van der Waals surface area contributed by atoms with Crippen molar-refractivity contribution in [1.82, 2.24) is 4.90 Å². The molecule has 4 heterocycles. The molecule has 2 aromatic carbocycles. The second-order valence-electron chi connectivity index (χ2n) is 8.53. The molecule has 1 N–H and O–H groups in total. The van der Waals surface area contributed by atoms with Crippen molar-refractivity contribution in [2.75, 3.05) is 23.9 Å². The summed E-state index contributed by atoms with van der Waals surface area (Å²) in [6.45, 7) is 0.695. The number of nitrogens with zero attached hydrogens (tertiary/aromatic N) is 2. The van der Waals surface area contributed by atoms with Crippen LogP contribution in [0.3, 0.4) is 0 Å². The van der Waals surface area contributed by atoms with Gasteiger partial charge < -0.3 is 10.1 Å². The fraction of sp³-hybridized carbons (Fsp3) is 0.348. The molecule has 0 bridgehead atoms. The summed E-state index contributed by atoms with van der Waals surface area (Å²) in [5.41, 5.74) is 0.850. The molecule has 4 aliphatic heterocycles. The maximum atomic E-state index is 13.8. The summed E-state index contributed by atoms with van der Waals surface area (Å²) in [5.74, 6) is -1.37. The monoisotopic (exact) mass is 481 g/mol. The van der Waals surface area contributed by atoms with Gasteiger partial charge in [0, 0.05) is 21.8 Å². The van der Waals surface area contributed by atoms with E-state index in [9.17, 15) is 14.4 Å². The summed E-state index contributed by atoms with van der Waals surface area (Å²) in [6, 6.07) is 12.4. The van der Waals surface area contributed by atoms with Crippen LogP contribution < -0.4 is 15.0 Å². The van der Waals surface area contributed by atoms with Gasteiger partial charge in [-0.3, -0.25) is 19.3 Å². The van der Waals surface area contributed by atoms with Crippen molar-refractivity contribution in [3.05, 3.63) is 52.5 Å². The quantitative estimate of drug-likeness (QED) is 0.667. The van der Waals surface area contributed by atoms with Gasteiger partial charge in [-0.25, -0.2) is 4.90 Å². The highest BCUT2D eigenvalue weighted by molar-refractivity contribution is 9.10. The fourth-order valence-electron chi connectivity index (χ4n) is 6.16. The number of anilines is 2. The third-order valence-electron chi connectivity index (χ3n) is 7.29. The Morgan fingerprint density at radius 1 is 1.10 bits per heavy atom. The van der Waals surface area contributed by atoms with Crippen molar-refractivity contribution in [1.29, 1.82) is 0 Å². The number of methoxy groups -OCH3 is 1. The van der Waals surface area contributed by atoms with E-state index < -0.39 is 17.4 Å². The zero-order valence-electron chi connectivity index (χ0n) is 16.8. The Bertz CT molecular complexity index is 1150. The van der Waals surface area contributed by atoms with Crippen LogP contribution in [0.15, 0.2) is 46.9 Å². The Labute approximate surface area is 187 Å². The van der Waals surface area contributed by atoms with Gasteiger partial charge in [0.1, 0.15) is 11.3 Å². The second-order valence-corrected chi connectivity index (χ2v) is 9.44. The zero-order valence-corrected chi connectivity index (χ0v) is 18.4. The van der Waals surface area contributed by atoms with Crippen molar-refractivity contribution < 1.29 is 19.1 Å². The molecule has 0 saturated carbocycles. The molecule has 7 nitrogen and oxygen atoms in total. The predicted molar refractivity (Wildman–Crippen MR) is 117 cm³/mol. The normalized spacial score (nSPS) is 31.2. The minimum atomic E-state index is -1.15. The average Bonchev–Trinajstić information content (AvgIpc) is 3.47. The van der Waals surface area contributed by atoms with E-state index in [1.165, 1.54) is 4.90 Å². The van der Waals surface area contributed by atoms with E-state index in [0.29, 0.717) is 23.7 Å². The number of rotatable bonds is 2. The Morgan fingerprint density at radius 2 is 1.87 bits per heavy atom. The van der Waals surface area contributed by atoms with Gasteiger partial charge in [0.15, 0.2) is 0 Å². The average molecular weight is 482 g/mol. The number of hydrogen-bond acceptors (Lipinski definition) is 5. The van der Waals surface area contributed by atoms with Gasteiger partial charge in [-0.2, -0.15) is 0 Å². The number of halogens is 1. The Morgan fingerprint density at radius 3 is 2.61 bits per heavy atom. The first-order valence-corrected chi connectivity index (χ1v) is 11.2. The third kappa shape index (κ3) is 2.24. The minimum absolute atomic E-state index is 0.125. The van der Waals surface area contributed by atoms with E-state index in [1.54, 1.807) is 31.4 Å². The molecule has 0 unspecified atom stereocenters. The molecule has 4 aliphatic rings. The van der Waals surface area contributed by atoms with Crippen LogP contribution >= 0.6 is 15.9 Å². The van der Waals surface area contributed by atoms with Gasteiger partial charge >= 0.3 is 0 Å². The number of nitrogens with one attached hydrogen (secondary N) is 1. The molecule has 6 rings (SSSR count). The first kappa shape index (κ1) is 19.0. The van der Waals surface area contributed by atoms with E-state index in [-0.39, 0.29) is 23.8 Å². The summed E-state index contributed by atoms with van der Waals surface area (Å²) < 4.78 is 6.04. The van der Waals surface area contributed by atoms with Crippen molar-refractivity contribution >= 4 is 45.0 Å². The topological polar surface area (TPSA) is 78.9 Å². The SMILES string of the molecule is COc1ccc(N2C(=O)[C@H]3[C@@H](C2=O)[C@]2(C(=O)Nc4ccc(Br)cc42)N2CCC[C@@H]32)cc1. The van der Waals surface area contributed by atoms with Crippen molar-refractivity contribution in [3.63, 3.8) is 0 Å². The Kier molecular flexibility index (Phi) is 3.92. The second kappa shape index (κ2) is 6.40. The lowest BCUT2D eigenvalue weighted by atomic mass is 9.75. The standard InChI is InChI=1S/C23H20BrN3O4/c1-31-14-7-5-13(6-8-14)27-20(28)18-17-3-2-10-26(17)23(19(18)21(27)29)15-11-12(24)4-9-16(15)25-22(23)30/h4-9,11,17-19H,2-3,10H2,1H3,(H,25,30)/t17-,18+,19-,23+/m0/s1. The number of amides is 3. The van der Waals surface area contributed by atoms with Crippen molar-refractivity contribution in [3.8, 4) is 5.75 Å². The molecule has 0 aromatic heterocycles. The van der Waals surface area contributed by atoms with Crippen LogP contribution in [0.4, 0.5) is 11.4 Å². The first-order valence-electron chi connectivity index (χ1n) is 10.4. The maximum Gasteiger partial charge on any atom is 0.250 e. The fourth-order valence-corrected chi connectivity index (χ4v) is 6.52. The molecule has 2 aromatic rings. The van der Waals surface area contributed by atoms with Crippen LogP contribution in [-0.4, -0.2) is 42.3 Å². The number of benzene rings is 2. The number of carbonyl (C=O) groups excluding carboxylic acids is 3. The molecule has 4 atom stereocenters. The number of carbonyl (C=O) groups is 3. The summed E-state index contributed by atoms with van der Waals surface area (Å²) in [6.07, 6.45) is 1.70. The van der Waals surface area contributed by atoms with Crippen LogP contribution in [0.25, 0.3) is 0 Å². The van der Waals surface area contributed by atoms with Crippen LogP contribution in [0.2, 0.25) is 0 Å². The molecule has 3 saturated heterocycles. The van der Waals surface area contributed by atoms with E-state index in [4.69, 9.17) is 4.74 Å². The lowest BCUT2D eigenvalue weighted by Gasteiger charge is -2.36. The zero-order chi connectivity index (χ0) is 21.5. The minimum Gasteiger partial charge on any atom is -0.497 e. The third-order valence-corrected chi connectivity index (χ3v) is 7.78. The maximum absolute atomic E-state index is 13.8. The van der Waals surface area contributed by atoms with Crippen LogP contribution in [-0.2, 0) is 19.9 Å². The molecule has 0 aliphatic carbocycles. The van der Waals surface area contributed by atoms with Gasteiger partial charge in [-0.05, 0) is 61.9 Å². The van der Waals surface area contributed by atoms with Crippen LogP contribution in [0.1, 0.15) is 18.4 Å². The Hall–Kier alpha value is -2.71. The number of imide groups is 1. The number of ether oxygens (including phenoxy) is 1. The molecular weight excluding hydrogens is 462 g/mol. The van der Waals surface area contributed by atoms with E-state index in [0.717, 1.165) is 22.9 Å². The largest absolute Gasteiger partial charge is 0.497 e. The lowest BCUT2D eigenvalue weighted by Crippen LogP contribution is -2.54. The molecule has 1 spiro atoms. The highest BCUT2D eigenvalue weighted by Gasteiger charge is 2.74. The molecule has 8 heteroatoms. The molecule has 158 valence electrons. The lowest BCUT2D eigenvalue weighted by molar-refractivity contribution is -0.135. The van der Waals surface area contributed by atoms with Gasteiger partial charge in [0.05, 0.1) is 24.6 Å². The number of fused-ring (bicyclic) bond motifs is 7.